The van der Waals surface area contributed by atoms with Crippen molar-refractivity contribution in [2.45, 2.75) is 83.7 Å². The van der Waals surface area contributed by atoms with Crippen LogP contribution in [0.15, 0.2) is 12.2 Å². The summed E-state index contributed by atoms with van der Waals surface area (Å²) in [5, 5.41) is 0. The Morgan fingerprint density at radius 3 is 2.05 bits per heavy atom. The molecule has 1 unspecified atom stereocenters. The Morgan fingerprint density at radius 1 is 0.909 bits per heavy atom. The van der Waals surface area contributed by atoms with E-state index in [0.717, 1.165) is 11.8 Å². The van der Waals surface area contributed by atoms with Gasteiger partial charge in [0, 0.05) is 0 Å². The van der Waals surface area contributed by atoms with Crippen molar-refractivity contribution in [3.05, 3.63) is 12.2 Å². The van der Waals surface area contributed by atoms with Crippen molar-refractivity contribution in [3.63, 3.8) is 0 Å². The molecule has 2 aliphatic rings. The maximum Gasteiger partial charge on any atom is 0.392 e. The highest BCUT2D eigenvalue weighted by Crippen LogP contribution is 2.40. The molecule has 0 nitrogen and oxygen atoms in total. The summed E-state index contributed by atoms with van der Waals surface area (Å²) in [6.45, 7) is 1.63. The number of rotatable bonds is 5. The quantitative estimate of drug-likeness (QED) is 0.483. The second-order valence-electron chi connectivity index (χ2n) is 7.38. The Hall–Kier alpha value is -0.470. The maximum atomic E-state index is 12.7. The zero-order valence-electron chi connectivity index (χ0n) is 13.9. The van der Waals surface area contributed by atoms with Crippen LogP contribution in [0.4, 0.5) is 13.2 Å². The van der Waals surface area contributed by atoms with Gasteiger partial charge in [-0.1, -0.05) is 51.2 Å². The van der Waals surface area contributed by atoms with E-state index in [-0.39, 0.29) is 12.8 Å². The largest absolute Gasteiger partial charge is 0.392 e. The van der Waals surface area contributed by atoms with Crippen LogP contribution in [0.25, 0.3) is 0 Å². The van der Waals surface area contributed by atoms with E-state index in [9.17, 15) is 13.2 Å². The molecule has 0 radical (unpaired) electrons. The van der Waals surface area contributed by atoms with Crippen LogP contribution < -0.4 is 0 Å². The Kier molecular flexibility index (Phi) is 6.83. The average Bonchev–Trinajstić information content (AvgIpc) is 2.52. The van der Waals surface area contributed by atoms with Gasteiger partial charge in [0.05, 0.1) is 5.92 Å². The summed E-state index contributed by atoms with van der Waals surface area (Å²) >= 11 is 0. The molecule has 0 saturated heterocycles. The first kappa shape index (κ1) is 17.9. The highest BCUT2D eigenvalue weighted by molar-refractivity contribution is 4.93. The van der Waals surface area contributed by atoms with Gasteiger partial charge in [0.2, 0.25) is 0 Å². The van der Waals surface area contributed by atoms with Crippen LogP contribution in [0.5, 0.6) is 0 Å². The van der Waals surface area contributed by atoms with Crippen molar-refractivity contribution in [1.29, 1.82) is 0 Å². The zero-order chi connectivity index (χ0) is 16.0. The smallest absolute Gasteiger partial charge is 0.171 e. The fourth-order valence-corrected chi connectivity index (χ4v) is 4.38. The SMILES string of the molecule is CCC(CC=CC1CCC(C2CCCCC2)CC1)C(F)(F)F. The summed E-state index contributed by atoms with van der Waals surface area (Å²) in [4.78, 5) is 0. The van der Waals surface area contributed by atoms with Gasteiger partial charge in [-0.25, -0.2) is 0 Å². The second kappa shape index (κ2) is 8.40. The average molecular weight is 316 g/mol. The molecule has 0 bridgehead atoms. The van der Waals surface area contributed by atoms with E-state index >= 15 is 0 Å². The van der Waals surface area contributed by atoms with Crippen molar-refractivity contribution in [2.75, 3.05) is 0 Å². The Balaban J connectivity index is 1.71. The van der Waals surface area contributed by atoms with E-state index in [0.29, 0.717) is 5.92 Å². The lowest BCUT2D eigenvalue weighted by Gasteiger charge is -2.35. The third-order valence-electron chi connectivity index (χ3n) is 5.92. The van der Waals surface area contributed by atoms with E-state index in [1.807, 2.05) is 0 Å². The molecule has 0 N–H and O–H groups in total. The number of hydrogen-bond acceptors (Lipinski definition) is 0. The van der Waals surface area contributed by atoms with Gasteiger partial charge < -0.3 is 0 Å². The summed E-state index contributed by atoms with van der Waals surface area (Å²) in [6, 6.07) is 0. The van der Waals surface area contributed by atoms with Crippen LogP contribution >= 0.6 is 0 Å². The fraction of sp³-hybridized carbons (Fsp3) is 0.895. The maximum absolute atomic E-state index is 12.7. The predicted octanol–water partition coefficient (Wildman–Crippen LogP) is 6.91. The van der Waals surface area contributed by atoms with E-state index in [4.69, 9.17) is 0 Å². The van der Waals surface area contributed by atoms with Crippen molar-refractivity contribution >= 4 is 0 Å². The Labute approximate surface area is 133 Å². The van der Waals surface area contributed by atoms with E-state index in [2.05, 4.69) is 6.08 Å². The molecule has 3 heteroatoms. The van der Waals surface area contributed by atoms with Crippen molar-refractivity contribution in [1.82, 2.24) is 0 Å². The van der Waals surface area contributed by atoms with Crippen molar-refractivity contribution in [3.8, 4) is 0 Å². The van der Waals surface area contributed by atoms with Gasteiger partial charge in [0.1, 0.15) is 0 Å². The van der Waals surface area contributed by atoms with E-state index in [1.165, 1.54) is 57.8 Å². The molecule has 0 heterocycles. The van der Waals surface area contributed by atoms with Crippen LogP contribution in [0.3, 0.4) is 0 Å². The monoisotopic (exact) mass is 316 g/mol. The Bertz CT molecular complexity index is 331. The van der Waals surface area contributed by atoms with Gasteiger partial charge in [-0.05, 0) is 56.3 Å². The topological polar surface area (TPSA) is 0 Å². The van der Waals surface area contributed by atoms with E-state index in [1.54, 1.807) is 13.0 Å². The van der Waals surface area contributed by atoms with Gasteiger partial charge in [0.25, 0.3) is 0 Å². The molecule has 0 aromatic heterocycles. The van der Waals surface area contributed by atoms with Crippen LogP contribution in [-0.2, 0) is 0 Å². The molecule has 0 aromatic rings. The van der Waals surface area contributed by atoms with Crippen molar-refractivity contribution in [2.24, 2.45) is 23.7 Å². The van der Waals surface area contributed by atoms with Gasteiger partial charge in [-0.2, -0.15) is 13.2 Å². The minimum atomic E-state index is -4.04. The van der Waals surface area contributed by atoms with Gasteiger partial charge >= 0.3 is 6.18 Å². The zero-order valence-corrected chi connectivity index (χ0v) is 13.9. The summed E-state index contributed by atoms with van der Waals surface area (Å²) in [5.74, 6) is 1.19. The molecule has 2 fully saturated rings. The number of allylic oxidation sites excluding steroid dienone is 2. The molecule has 22 heavy (non-hydrogen) atoms. The number of hydrogen-bond donors (Lipinski definition) is 0. The first-order valence-corrected chi connectivity index (χ1v) is 9.24. The fourth-order valence-electron chi connectivity index (χ4n) is 4.38. The van der Waals surface area contributed by atoms with Crippen LogP contribution in [0, 0.1) is 23.7 Å². The lowest BCUT2D eigenvalue weighted by atomic mass is 9.71. The molecule has 2 rings (SSSR count). The number of halogens is 3. The molecule has 0 aliphatic heterocycles. The third kappa shape index (κ3) is 5.31. The summed E-state index contributed by atoms with van der Waals surface area (Å²) in [6.07, 6.45) is 12.1. The minimum absolute atomic E-state index is 0.155. The summed E-state index contributed by atoms with van der Waals surface area (Å²) in [5.41, 5.74) is 0. The van der Waals surface area contributed by atoms with Crippen LogP contribution in [0.1, 0.15) is 77.6 Å². The first-order chi connectivity index (χ1) is 10.5. The van der Waals surface area contributed by atoms with Crippen molar-refractivity contribution < 1.29 is 13.2 Å². The molecule has 128 valence electrons. The van der Waals surface area contributed by atoms with Gasteiger partial charge in [-0.3, -0.25) is 0 Å². The molecule has 2 saturated carbocycles. The predicted molar refractivity (Wildman–Crippen MR) is 85.6 cm³/mol. The molecule has 0 amide bonds. The molecule has 1 atom stereocenters. The highest BCUT2D eigenvalue weighted by atomic mass is 19.4. The van der Waals surface area contributed by atoms with E-state index < -0.39 is 12.1 Å². The van der Waals surface area contributed by atoms with Gasteiger partial charge in [0.15, 0.2) is 0 Å². The lowest BCUT2D eigenvalue weighted by molar-refractivity contribution is -0.174. The molecular formula is C19H31F3. The standard InChI is InChI=1S/C19H31F3/c1-2-18(19(20,21)22)10-6-7-15-11-13-17(14-12-15)16-8-4-3-5-9-16/h6-7,15-18H,2-5,8-14H2,1H3. The normalized spacial score (nSPS) is 29.8. The first-order valence-electron chi connectivity index (χ1n) is 9.24. The summed E-state index contributed by atoms with van der Waals surface area (Å²) < 4.78 is 38.1. The lowest BCUT2D eigenvalue weighted by Crippen LogP contribution is -2.23. The summed E-state index contributed by atoms with van der Waals surface area (Å²) in [7, 11) is 0. The minimum Gasteiger partial charge on any atom is -0.171 e. The molecule has 2 aliphatic carbocycles. The highest BCUT2D eigenvalue weighted by Gasteiger charge is 2.37. The molecule has 0 spiro atoms. The van der Waals surface area contributed by atoms with Crippen LogP contribution in [-0.4, -0.2) is 6.18 Å². The van der Waals surface area contributed by atoms with Crippen LogP contribution in [0.2, 0.25) is 0 Å². The number of alkyl halides is 3. The Morgan fingerprint density at radius 2 is 1.50 bits per heavy atom. The molecular weight excluding hydrogens is 285 g/mol. The molecule has 0 aromatic carbocycles. The van der Waals surface area contributed by atoms with Gasteiger partial charge in [-0.15, -0.1) is 0 Å². The second-order valence-corrected chi connectivity index (χ2v) is 7.38. The third-order valence-corrected chi connectivity index (χ3v) is 5.92.